The Morgan fingerprint density at radius 2 is 0.750 bits per heavy atom. The topological polar surface area (TPSA) is 58.2 Å². The summed E-state index contributed by atoms with van der Waals surface area (Å²) in [5.41, 5.74) is 2.09. The number of rotatable bonds is 32. The second-order valence-electron chi connectivity index (χ2n) is 13.3. The van der Waals surface area contributed by atoms with Crippen LogP contribution in [0.1, 0.15) is 153 Å². The molecule has 0 aliphatic heterocycles. The van der Waals surface area contributed by atoms with Crippen LogP contribution in [0, 0.1) is 0 Å². The molecule has 4 nitrogen and oxygen atoms in total. The Hall–Kier alpha value is -3.92. The van der Waals surface area contributed by atoms with Gasteiger partial charge in [0.15, 0.2) is 0 Å². The fourth-order valence-electron chi connectivity index (χ4n) is 5.31. The van der Waals surface area contributed by atoms with Crippen molar-refractivity contribution in [3.63, 3.8) is 0 Å². The van der Waals surface area contributed by atoms with Crippen molar-refractivity contribution in [1.29, 1.82) is 0 Å². The van der Waals surface area contributed by atoms with Crippen LogP contribution in [0.15, 0.2) is 121 Å². The molecule has 0 bridgehead atoms. The molecule has 1 aromatic carbocycles. The molecule has 2 N–H and O–H groups in total. The zero-order valence-corrected chi connectivity index (χ0v) is 32.9. The standard InChI is InChI=1S/C48H72N2O2/c1-3-5-7-9-11-13-15-17-19-21-23-25-27-29-31-33-35-40-47(51)49-43-45-38-37-39-46(42-45)44-50-48(52)41-36-34-32-30-28-26-24-22-20-18-16-14-12-10-8-6-4-2/h11-14,17-20,23-26,29-32,37-39,42H,3-10,15-16,21-22,27-28,33-36,40-41,43-44H2,1-2H3,(H,49,51)(H,50,52)/b13-11-,14-12-,19-17-,20-18-,25-23-,26-24-,31-29-,32-30-. The van der Waals surface area contributed by atoms with Gasteiger partial charge in [0, 0.05) is 25.9 Å². The van der Waals surface area contributed by atoms with E-state index in [-0.39, 0.29) is 11.8 Å². The summed E-state index contributed by atoms with van der Waals surface area (Å²) in [5.74, 6) is 0.146. The Bertz CT molecular complexity index is 1170. The molecule has 0 fully saturated rings. The van der Waals surface area contributed by atoms with Gasteiger partial charge in [-0.05, 0) is 101 Å². The number of hydrogen-bond acceptors (Lipinski definition) is 2. The number of benzene rings is 1. The zero-order valence-electron chi connectivity index (χ0n) is 32.9. The summed E-state index contributed by atoms with van der Waals surface area (Å²) >= 11 is 0. The maximum absolute atomic E-state index is 12.3. The number of unbranched alkanes of at least 4 members (excludes halogenated alkanes) is 8. The van der Waals surface area contributed by atoms with Crippen LogP contribution in [-0.2, 0) is 22.7 Å². The maximum Gasteiger partial charge on any atom is 0.220 e. The van der Waals surface area contributed by atoms with Crippen molar-refractivity contribution in [2.24, 2.45) is 0 Å². The Labute approximate surface area is 319 Å². The summed E-state index contributed by atoms with van der Waals surface area (Å²) in [6.07, 6.45) is 56.1. The van der Waals surface area contributed by atoms with E-state index in [0.717, 1.165) is 75.3 Å². The largest absolute Gasteiger partial charge is 0.352 e. The van der Waals surface area contributed by atoms with E-state index in [1.54, 1.807) is 0 Å². The predicted molar refractivity (Wildman–Crippen MR) is 227 cm³/mol. The molecule has 4 heteroatoms. The summed E-state index contributed by atoms with van der Waals surface area (Å²) in [6.45, 7) is 5.48. The Morgan fingerprint density at radius 3 is 1.08 bits per heavy atom. The minimum atomic E-state index is 0.0729. The van der Waals surface area contributed by atoms with E-state index >= 15 is 0 Å². The van der Waals surface area contributed by atoms with Crippen molar-refractivity contribution >= 4 is 11.8 Å². The Balaban J connectivity index is 2.08. The normalized spacial score (nSPS) is 12.5. The Kier molecular flexibility index (Phi) is 32.7. The van der Waals surface area contributed by atoms with Crippen molar-refractivity contribution in [3.05, 3.63) is 133 Å². The molecule has 0 aliphatic carbocycles. The molecule has 0 radical (unpaired) electrons. The molecule has 0 heterocycles. The highest BCUT2D eigenvalue weighted by Gasteiger charge is 2.04. The Morgan fingerprint density at radius 1 is 0.442 bits per heavy atom. The number of allylic oxidation sites excluding steroid dienone is 16. The molecule has 1 aromatic rings. The molecule has 0 saturated carbocycles. The van der Waals surface area contributed by atoms with E-state index in [0.29, 0.717) is 25.9 Å². The fourth-order valence-corrected chi connectivity index (χ4v) is 5.31. The quantitative estimate of drug-likeness (QED) is 0.0578. The van der Waals surface area contributed by atoms with Crippen molar-refractivity contribution in [2.45, 2.75) is 155 Å². The molecule has 0 aliphatic rings. The molecule has 0 spiro atoms. The van der Waals surface area contributed by atoms with E-state index in [1.807, 2.05) is 18.2 Å². The maximum atomic E-state index is 12.3. The van der Waals surface area contributed by atoms with Gasteiger partial charge in [0.2, 0.25) is 11.8 Å². The second kappa shape index (κ2) is 36.9. The third-order valence-electron chi connectivity index (χ3n) is 8.44. The van der Waals surface area contributed by atoms with Crippen LogP contribution in [0.4, 0.5) is 0 Å². The lowest BCUT2D eigenvalue weighted by Gasteiger charge is -2.08. The van der Waals surface area contributed by atoms with E-state index in [2.05, 4.69) is 128 Å². The van der Waals surface area contributed by atoms with Crippen LogP contribution in [0.3, 0.4) is 0 Å². The van der Waals surface area contributed by atoms with Gasteiger partial charge >= 0.3 is 0 Å². The van der Waals surface area contributed by atoms with Gasteiger partial charge in [-0.25, -0.2) is 0 Å². The first-order valence-corrected chi connectivity index (χ1v) is 20.5. The van der Waals surface area contributed by atoms with Gasteiger partial charge in [-0.15, -0.1) is 0 Å². The third-order valence-corrected chi connectivity index (χ3v) is 8.44. The minimum Gasteiger partial charge on any atom is -0.352 e. The lowest BCUT2D eigenvalue weighted by molar-refractivity contribution is -0.122. The highest BCUT2D eigenvalue weighted by Crippen LogP contribution is 2.07. The smallest absolute Gasteiger partial charge is 0.220 e. The zero-order chi connectivity index (χ0) is 37.4. The molecule has 52 heavy (non-hydrogen) atoms. The van der Waals surface area contributed by atoms with Crippen LogP contribution < -0.4 is 10.6 Å². The SMILES string of the molecule is CCCCC/C=C\C/C=C\C/C=C\C/C=C\CCCC(=O)NCc1cccc(CNC(=O)CCC/C=C\C/C=C\C/C=C\C/C=C\CCCCC)c1. The molecular formula is C48H72N2O2. The lowest BCUT2D eigenvalue weighted by atomic mass is 10.1. The van der Waals surface area contributed by atoms with E-state index in [1.165, 1.54) is 51.4 Å². The molecule has 0 saturated heterocycles. The van der Waals surface area contributed by atoms with Crippen LogP contribution in [0.5, 0.6) is 0 Å². The fraction of sp³-hybridized carbons (Fsp3) is 0.500. The first-order chi connectivity index (χ1) is 25.7. The lowest BCUT2D eigenvalue weighted by Crippen LogP contribution is -2.23. The van der Waals surface area contributed by atoms with Crippen LogP contribution >= 0.6 is 0 Å². The highest BCUT2D eigenvalue weighted by molar-refractivity contribution is 5.76. The van der Waals surface area contributed by atoms with E-state index in [9.17, 15) is 9.59 Å². The molecule has 2 amide bonds. The van der Waals surface area contributed by atoms with Gasteiger partial charge in [0.1, 0.15) is 0 Å². The van der Waals surface area contributed by atoms with Crippen molar-refractivity contribution < 1.29 is 9.59 Å². The summed E-state index contributed by atoms with van der Waals surface area (Å²) in [5, 5.41) is 6.06. The van der Waals surface area contributed by atoms with Crippen LogP contribution in [0.25, 0.3) is 0 Å². The molecule has 286 valence electrons. The number of carbonyl (C=O) groups excluding carboxylic acids is 2. The summed E-state index contributed by atoms with van der Waals surface area (Å²) in [4.78, 5) is 24.7. The molecule has 0 atom stereocenters. The van der Waals surface area contributed by atoms with Crippen molar-refractivity contribution in [3.8, 4) is 0 Å². The van der Waals surface area contributed by atoms with E-state index in [4.69, 9.17) is 0 Å². The van der Waals surface area contributed by atoms with Gasteiger partial charge in [-0.3, -0.25) is 9.59 Å². The summed E-state index contributed by atoms with van der Waals surface area (Å²) in [6, 6.07) is 8.06. The van der Waals surface area contributed by atoms with Gasteiger partial charge in [-0.2, -0.15) is 0 Å². The van der Waals surface area contributed by atoms with Gasteiger partial charge < -0.3 is 10.6 Å². The van der Waals surface area contributed by atoms with E-state index < -0.39 is 0 Å². The predicted octanol–water partition coefficient (Wildman–Crippen LogP) is 13.2. The first kappa shape index (κ1) is 46.1. The van der Waals surface area contributed by atoms with Crippen molar-refractivity contribution in [2.75, 3.05) is 0 Å². The monoisotopic (exact) mass is 709 g/mol. The van der Waals surface area contributed by atoms with Crippen LogP contribution in [-0.4, -0.2) is 11.8 Å². The molecule has 1 rings (SSSR count). The number of carbonyl (C=O) groups is 2. The molecule has 0 aromatic heterocycles. The minimum absolute atomic E-state index is 0.0729. The van der Waals surface area contributed by atoms with Gasteiger partial charge in [-0.1, -0.05) is 161 Å². The average Bonchev–Trinajstić information content (AvgIpc) is 3.15. The number of hydrogen-bond donors (Lipinski definition) is 2. The third kappa shape index (κ3) is 32.0. The summed E-state index contributed by atoms with van der Waals surface area (Å²) < 4.78 is 0. The number of amides is 2. The number of nitrogens with one attached hydrogen (secondary N) is 2. The second-order valence-corrected chi connectivity index (χ2v) is 13.3. The average molecular weight is 709 g/mol. The summed E-state index contributed by atoms with van der Waals surface area (Å²) in [7, 11) is 0. The molecular weight excluding hydrogens is 637 g/mol. The first-order valence-electron chi connectivity index (χ1n) is 20.5. The van der Waals surface area contributed by atoms with Gasteiger partial charge in [0.05, 0.1) is 0 Å². The van der Waals surface area contributed by atoms with Crippen LogP contribution in [0.2, 0.25) is 0 Å². The van der Waals surface area contributed by atoms with Gasteiger partial charge in [0.25, 0.3) is 0 Å². The molecule has 0 unspecified atom stereocenters. The van der Waals surface area contributed by atoms with Crippen molar-refractivity contribution in [1.82, 2.24) is 10.6 Å². The highest BCUT2D eigenvalue weighted by atomic mass is 16.2.